The van der Waals surface area contributed by atoms with E-state index in [2.05, 4.69) is 92.2 Å². The molecule has 31 heavy (non-hydrogen) atoms. The Morgan fingerprint density at radius 2 is 1.68 bits per heavy atom. The van der Waals surface area contributed by atoms with Gasteiger partial charge < -0.3 is 4.90 Å². The van der Waals surface area contributed by atoms with Crippen molar-refractivity contribution in [2.75, 3.05) is 46.3 Å². The molecule has 1 aliphatic rings. The Labute approximate surface area is 198 Å². The van der Waals surface area contributed by atoms with Gasteiger partial charge in [0.05, 0.1) is 18.2 Å². The zero-order valence-corrected chi connectivity index (χ0v) is 21.6. The molecule has 1 aliphatic heterocycles. The Hall–Kier alpha value is -1.24. The molecule has 2 aromatic carbocycles. The number of anilines is 1. The fourth-order valence-electron chi connectivity index (χ4n) is 4.29. The van der Waals surface area contributed by atoms with Crippen LogP contribution in [0.3, 0.4) is 0 Å². The molecule has 2 aromatic rings. The number of benzene rings is 2. The highest BCUT2D eigenvalue weighted by Gasteiger charge is 2.36. The van der Waals surface area contributed by atoms with E-state index in [1.807, 2.05) is 24.1 Å². The van der Waals surface area contributed by atoms with Crippen molar-refractivity contribution >= 4 is 29.2 Å². The molecule has 0 saturated carbocycles. The molecule has 0 bridgehead atoms. The van der Waals surface area contributed by atoms with E-state index in [9.17, 15) is 0 Å². The number of nitrogens with zero attached hydrogens (tertiary/aromatic N) is 4. The summed E-state index contributed by atoms with van der Waals surface area (Å²) in [7, 11) is 8.82. The Kier molecular flexibility index (Phi) is 8.33. The molecule has 1 saturated heterocycles. The third-order valence-corrected chi connectivity index (χ3v) is 7.99. The lowest BCUT2D eigenvalue weighted by Gasteiger charge is -2.28. The van der Waals surface area contributed by atoms with Crippen molar-refractivity contribution < 1.29 is 0 Å². The number of rotatable bonds is 8. The second-order valence-corrected chi connectivity index (χ2v) is 10.6. The minimum absolute atomic E-state index is 0.382. The molecule has 1 fully saturated rings. The molecule has 3 rings (SSSR count). The van der Waals surface area contributed by atoms with Crippen molar-refractivity contribution in [1.29, 1.82) is 0 Å². The molecule has 2 unspecified atom stereocenters. The third kappa shape index (κ3) is 5.96. The molecule has 0 spiro atoms. The van der Waals surface area contributed by atoms with Gasteiger partial charge >= 0.3 is 0 Å². The topological polar surface area (TPSA) is 13.0 Å². The predicted octanol–water partition coefficient (Wildman–Crippen LogP) is 5.27. The zero-order chi connectivity index (χ0) is 22.7. The second kappa shape index (κ2) is 10.6. The van der Waals surface area contributed by atoms with Gasteiger partial charge in [-0.15, -0.1) is 0 Å². The summed E-state index contributed by atoms with van der Waals surface area (Å²) >= 11 is 8.01. The summed E-state index contributed by atoms with van der Waals surface area (Å²) in [4.78, 5) is 7.19. The van der Waals surface area contributed by atoms with E-state index in [0.29, 0.717) is 11.5 Å². The molecule has 2 atom stereocenters. The largest absolute Gasteiger partial charge is 0.361 e. The Bertz CT molecular complexity index is 873. The predicted molar refractivity (Wildman–Crippen MR) is 137 cm³/mol. The van der Waals surface area contributed by atoms with Crippen molar-refractivity contribution in [3.63, 3.8) is 0 Å². The fraction of sp³-hybridized carbons (Fsp3) is 0.520. The molecule has 6 heteroatoms. The highest BCUT2D eigenvalue weighted by atomic mass is 35.5. The van der Waals surface area contributed by atoms with Crippen LogP contribution < -0.4 is 4.90 Å². The first kappa shape index (κ1) is 24.4. The van der Waals surface area contributed by atoms with E-state index in [1.54, 1.807) is 0 Å². The van der Waals surface area contributed by atoms with Crippen LogP contribution in [0.15, 0.2) is 36.4 Å². The fourth-order valence-corrected chi connectivity index (χ4v) is 5.71. The van der Waals surface area contributed by atoms with Crippen LogP contribution in [0.4, 0.5) is 5.69 Å². The van der Waals surface area contributed by atoms with Crippen LogP contribution in [0.5, 0.6) is 0 Å². The standard InChI is InChI=1S/C25H37ClN4S/c1-8-27(4)17-28(5)23-14-18(2)21(13-19(23)3)16-25-29(6)24(30(7)31-25)15-20-9-11-22(26)12-10-20/h9-14,24-25H,8,15-17H2,1-7H3. The van der Waals surface area contributed by atoms with Crippen LogP contribution >= 0.6 is 23.5 Å². The molecule has 4 nitrogen and oxygen atoms in total. The van der Waals surface area contributed by atoms with Gasteiger partial charge in [-0.1, -0.05) is 48.7 Å². The van der Waals surface area contributed by atoms with E-state index in [4.69, 9.17) is 11.6 Å². The highest BCUT2D eigenvalue weighted by Crippen LogP contribution is 2.36. The minimum atomic E-state index is 0.382. The first-order chi connectivity index (χ1) is 14.7. The number of hydrogen-bond acceptors (Lipinski definition) is 5. The Morgan fingerprint density at radius 3 is 2.32 bits per heavy atom. The average Bonchev–Trinajstić information content (AvgIpc) is 2.99. The summed E-state index contributed by atoms with van der Waals surface area (Å²) in [6.45, 7) is 8.68. The van der Waals surface area contributed by atoms with Crippen molar-refractivity contribution in [2.45, 2.75) is 45.2 Å². The van der Waals surface area contributed by atoms with Crippen molar-refractivity contribution in [1.82, 2.24) is 14.1 Å². The maximum atomic E-state index is 6.06. The SMILES string of the molecule is CCN(C)CN(C)c1cc(C)c(CC2SN(C)C(Cc3ccc(Cl)cc3)N2C)cc1C. The van der Waals surface area contributed by atoms with Crippen LogP contribution in [0.25, 0.3) is 0 Å². The average molecular weight is 461 g/mol. The summed E-state index contributed by atoms with van der Waals surface area (Å²) in [5, 5.41) is 1.24. The van der Waals surface area contributed by atoms with Gasteiger partial charge in [-0.05, 0) is 88.4 Å². The van der Waals surface area contributed by atoms with E-state index < -0.39 is 0 Å². The van der Waals surface area contributed by atoms with Crippen LogP contribution in [-0.2, 0) is 12.8 Å². The molecule has 0 amide bonds. The van der Waals surface area contributed by atoms with Gasteiger partial charge in [-0.3, -0.25) is 9.80 Å². The molecule has 1 heterocycles. The first-order valence-electron chi connectivity index (χ1n) is 11.0. The summed E-state index contributed by atoms with van der Waals surface area (Å²) in [6.07, 6.45) is 2.43. The summed E-state index contributed by atoms with van der Waals surface area (Å²) in [5.41, 5.74) is 6.83. The maximum absolute atomic E-state index is 6.06. The van der Waals surface area contributed by atoms with Crippen LogP contribution in [-0.4, -0.2) is 67.0 Å². The second-order valence-electron chi connectivity index (χ2n) is 8.86. The van der Waals surface area contributed by atoms with Gasteiger partial charge in [0, 0.05) is 24.2 Å². The monoisotopic (exact) mass is 460 g/mol. The van der Waals surface area contributed by atoms with Crippen LogP contribution in [0.1, 0.15) is 29.2 Å². The van der Waals surface area contributed by atoms with Crippen LogP contribution in [0.2, 0.25) is 5.02 Å². The Morgan fingerprint density at radius 1 is 1.00 bits per heavy atom. The molecule has 0 aliphatic carbocycles. The van der Waals surface area contributed by atoms with Gasteiger partial charge in [0.15, 0.2) is 0 Å². The van der Waals surface area contributed by atoms with Crippen LogP contribution in [0, 0.1) is 13.8 Å². The van der Waals surface area contributed by atoms with Gasteiger partial charge in [0.25, 0.3) is 0 Å². The molecule has 170 valence electrons. The maximum Gasteiger partial charge on any atom is 0.0765 e. The smallest absolute Gasteiger partial charge is 0.0765 e. The molecular formula is C25H37ClN4S. The van der Waals surface area contributed by atoms with Gasteiger partial charge in [0.2, 0.25) is 0 Å². The van der Waals surface area contributed by atoms with E-state index in [-0.39, 0.29) is 0 Å². The molecular weight excluding hydrogens is 424 g/mol. The van der Waals surface area contributed by atoms with Gasteiger partial charge in [-0.25, -0.2) is 4.31 Å². The zero-order valence-electron chi connectivity index (χ0n) is 20.0. The minimum Gasteiger partial charge on any atom is -0.361 e. The molecule has 0 radical (unpaired) electrons. The summed E-state index contributed by atoms with van der Waals surface area (Å²) < 4.78 is 2.41. The number of aryl methyl sites for hydroxylation is 2. The van der Waals surface area contributed by atoms with Crippen molar-refractivity contribution in [2.24, 2.45) is 0 Å². The number of likely N-dealkylation sites (N-methyl/N-ethyl adjacent to an activating group) is 2. The lowest BCUT2D eigenvalue weighted by atomic mass is 10.00. The van der Waals surface area contributed by atoms with E-state index >= 15 is 0 Å². The summed E-state index contributed by atoms with van der Waals surface area (Å²) in [5.74, 6) is 0. The van der Waals surface area contributed by atoms with Crippen molar-refractivity contribution in [3.05, 3.63) is 63.7 Å². The van der Waals surface area contributed by atoms with Gasteiger partial charge in [-0.2, -0.15) is 0 Å². The van der Waals surface area contributed by atoms with Crippen molar-refractivity contribution in [3.8, 4) is 0 Å². The molecule has 0 aromatic heterocycles. The number of halogens is 1. The van der Waals surface area contributed by atoms with Gasteiger partial charge in [0.1, 0.15) is 0 Å². The number of hydrogen-bond donors (Lipinski definition) is 0. The Balaban J connectivity index is 1.70. The molecule has 0 N–H and O–H groups in total. The normalized spacial score (nSPS) is 20.0. The first-order valence-corrected chi connectivity index (χ1v) is 12.3. The lowest BCUT2D eigenvalue weighted by molar-refractivity contribution is 0.174. The quantitative estimate of drug-likeness (QED) is 0.392. The highest BCUT2D eigenvalue weighted by molar-refractivity contribution is 7.97. The summed E-state index contributed by atoms with van der Waals surface area (Å²) in [6, 6.07) is 13.0. The lowest BCUT2D eigenvalue weighted by Crippen LogP contribution is -2.39. The van der Waals surface area contributed by atoms with E-state index in [1.165, 1.54) is 27.9 Å². The van der Waals surface area contributed by atoms with E-state index in [0.717, 1.165) is 31.1 Å². The third-order valence-electron chi connectivity index (χ3n) is 6.42.